The van der Waals surface area contributed by atoms with Crippen LogP contribution in [-0.4, -0.2) is 36.5 Å². The van der Waals surface area contributed by atoms with Crippen LogP contribution in [0.4, 0.5) is 0 Å². The highest BCUT2D eigenvalue weighted by molar-refractivity contribution is 6.32. The molecule has 26 heavy (non-hydrogen) atoms. The van der Waals surface area contributed by atoms with Crippen molar-refractivity contribution in [1.82, 2.24) is 5.43 Å². The lowest BCUT2D eigenvalue weighted by Gasteiger charge is -2.24. The van der Waals surface area contributed by atoms with Crippen molar-refractivity contribution in [3.63, 3.8) is 0 Å². The first-order valence-corrected chi connectivity index (χ1v) is 8.33. The lowest BCUT2D eigenvalue weighted by Crippen LogP contribution is -2.42. The number of hydrogen-bond acceptors (Lipinski definition) is 6. The summed E-state index contributed by atoms with van der Waals surface area (Å²) in [5, 5.41) is 13.8. The zero-order valence-electron chi connectivity index (χ0n) is 13.9. The van der Waals surface area contributed by atoms with E-state index in [0.717, 1.165) is 0 Å². The normalized spacial score (nSPS) is 15.7. The van der Waals surface area contributed by atoms with Gasteiger partial charge in [0.15, 0.2) is 23.0 Å². The number of amides is 1. The van der Waals surface area contributed by atoms with E-state index in [1.807, 2.05) is 6.07 Å². The van der Waals surface area contributed by atoms with E-state index in [1.54, 1.807) is 31.2 Å². The maximum atomic E-state index is 12.2. The Kier molecular flexibility index (Phi) is 5.48. The second-order valence-electron chi connectivity index (χ2n) is 5.38. The third kappa shape index (κ3) is 4.00. The van der Waals surface area contributed by atoms with Gasteiger partial charge in [-0.05, 0) is 36.8 Å². The minimum absolute atomic E-state index is 0.0951. The number of nitrogens with zero attached hydrogens (tertiary/aromatic N) is 1. The van der Waals surface area contributed by atoms with Gasteiger partial charge in [-0.15, -0.1) is 0 Å². The number of carbonyl (C=O) groups excluding carboxylic acids is 1. The number of benzene rings is 2. The van der Waals surface area contributed by atoms with Crippen molar-refractivity contribution >= 4 is 23.7 Å². The van der Waals surface area contributed by atoms with E-state index in [-0.39, 0.29) is 23.1 Å². The summed E-state index contributed by atoms with van der Waals surface area (Å²) < 4.78 is 16.4. The maximum Gasteiger partial charge on any atom is 0.284 e. The molecule has 1 amide bonds. The Labute approximate surface area is 155 Å². The lowest BCUT2D eigenvalue weighted by atomic mass is 10.2. The molecular weight excluding hydrogens is 360 g/mol. The highest BCUT2D eigenvalue weighted by Gasteiger charge is 2.27. The van der Waals surface area contributed by atoms with Gasteiger partial charge in [0.25, 0.3) is 5.91 Å². The molecule has 1 atom stereocenters. The molecule has 8 heteroatoms. The molecule has 1 heterocycles. The fraction of sp³-hybridized carbons (Fsp3) is 0.222. The monoisotopic (exact) mass is 376 g/mol. The van der Waals surface area contributed by atoms with Crippen LogP contribution in [-0.2, 0) is 4.79 Å². The van der Waals surface area contributed by atoms with Crippen molar-refractivity contribution in [2.24, 2.45) is 5.10 Å². The Hall–Kier alpha value is -2.93. The average molecular weight is 377 g/mol. The fourth-order valence-corrected chi connectivity index (χ4v) is 2.54. The second kappa shape index (κ2) is 7.97. The molecule has 2 aromatic rings. The molecule has 2 N–H and O–H groups in total. The fourth-order valence-electron chi connectivity index (χ4n) is 2.33. The van der Waals surface area contributed by atoms with E-state index >= 15 is 0 Å². The first-order valence-electron chi connectivity index (χ1n) is 7.95. The molecule has 0 fully saturated rings. The molecule has 136 valence electrons. The molecule has 2 aromatic carbocycles. The summed E-state index contributed by atoms with van der Waals surface area (Å²) in [7, 11) is 0. The van der Waals surface area contributed by atoms with E-state index < -0.39 is 12.0 Å². The third-order valence-electron chi connectivity index (χ3n) is 3.54. The van der Waals surface area contributed by atoms with Crippen molar-refractivity contribution in [3.8, 4) is 23.0 Å². The number of nitrogens with one attached hydrogen (secondary N) is 1. The van der Waals surface area contributed by atoms with Crippen LogP contribution in [0.2, 0.25) is 5.02 Å². The summed E-state index contributed by atoms with van der Waals surface area (Å²) in [4.78, 5) is 12.2. The Morgan fingerprint density at radius 3 is 2.96 bits per heavy atom. The number of ether oxygens (including phenoxy) is 3. The number of hydrogen-bond donors (Lipinski definition) is 2. The number of rotatable bonds is 5. The topological polar surface area (TPSA) is 89.4 Å². The molecular formula is C18H17ClN2O5. The molecule has 1 unspecified atom stereocenters. The van der Waals surface area contributed by atoms with Gasteiger partial charge in [0.05, 0.1) is 17.8 Å². The number of aromatic hydroxyl groups is 1. The highest BCUT2D eigenvalue weighted by Crippen LogP contribution is 2.34. The van der Waals surface area contributed by atoms with Gasteiger partial charge in [0, 0.05) is 0 Å². The van der Waals surface area contributed by atoms with Gasteiger partial charge in [0.1, 0.15) is 6.61 Å². The van der Waals surface area contributed by atoms with Gasteiger partial charge >= 0.3 is 0 Å². The minimum Gasteiger partial charge on any atom is -0.503 e. The summed E-state index contributed by atoms with van der Waals surface area (Å²) in [5.41, 5.74) is 2.95. The molecule has 0 aromatic heterocycles. The van der Waals surface area contributed by atoms with E-state index in [9.17, 15) is 9.90 Å². The van der Waals surface area contributed by atoms with Crippen LogP contribution in [0.1, 0.15) is 12.5 Å². The average Bonchev–Trinajstić information content (AvgIpc) is 2.65. The molecule has 0 saturated carbocycles. The van der Waals surface area contributed by atoms with Gasteiger partial charge in [-0.25, -0.2) is 5.43 Å². The number of para-hydroxylation sites is 2. The molecule has 0 saturated heterocycles. The summed E-state index contributed by atoms with van der Waals surface area (Å²) in [6.07, 6.45) is 0.591. The molecule has 3 rings (SSSR count). The van der Waals surface area contributed by atoms with Crippen LogP contribution < -0.4 is 19.6 Å². The number of hydrazone groups is 1. The zero-order chi connectivity index (χ0) is 18.5. The predicted molar refractivity (Wildman–Crippen MR) is 96.4 cm³/mol. The van der Waals surface area contributed by atoms with E-state index in [2.05, 4.69) is 10.5 Å². The molecule has 1 aliphatic heterocycles. The van der Waals surface area contributed by atoms with Crippen molar-refractivity contribution < 1.29 is 24.1 Å². The van der Waals surface area contributed by atoms with Gasteiger partial charge < -0.3 is 19.3 Å². The Morgan fingerprint density at radius 1 is 1.42 bits per heavy atom. The van der Waals surface area contributed by atoms with E-state index in [0.29, 0.717) is 23.7 Å². The lowest BCUT2D eigenvalue weighted by molar-refractivity contribution is -0.130. The number of carbonyl (C=O) groups is 1. The Morgan fingerprint density at radius 2 is 2.19 bits per heavy atom. The van der Waals surface area contributed by atoms with E-state index in [1.165, 1.54) is 12.3 Å². The molecule has 7 nitrogen and oxygen atoms in total. The van der Waals surface area contributed by atoms with Crippen molar-refractivity contribution in [3.05, 3.63) is 47.0 Å². The third-order valence-corrected chi connectivity index (χ3v) is 3.83. The summed E-state index contributed by atoms with van der Waals surface area (Å²) in [6.45, 7) is 2.26. The largest absolute Gasteiger partial charge is 0.503 e. The number of halogens is 1. The van der Waals surface area contributed by atoms with Gasteiger partial charge in [0.2, 0.25) is 6.10 Å². The summed E-state index contributed by atoms with van der Waals surface area (Å²) in [6, 6.07) is 10.2. The van der Waals surface area contributed by atoms with Crippen molar-refractivity contribution in [2.75, 3.05) is 13.2 Å². The smallest absolute Gasteiger partial charge is 0.284 e. The van der Waals surface area contributed by atoms with E-state index in [4.69, 9.17) is 25.8 Å². The zero-order valence-corrected chi connectivity index (χ0v) is 14.7. The molecule has 0 radical (unpaired) electrons. The molecule has 1 aliphatic rings. The molecule has 0 aliphatic carbocycles. The van der Waals surface area contributed by atoms with Crippen LogP contribution >= 0.6 is 11.6 Å². The molecule has 0 spiro atoms. The number of fused-ring (bicyclic) bond motifs is 1. The Balaban J connectivity index is 1.63. The van der Waals surface area contributed by atoms with Crippen molar-refractivity contribution in [2.45, 2.75) is 13.0 Å². The van der Waals surface area contributed by atoms with Crippen molar-refractivity contribution in [1.29, 1.82) is 0 Å². The van der Waals surface area contributed by atoms with Crippen LogP contribution in [0.5, 0.6) is 23.0 Å². The van der Waals surface area contributed by atoms with Gasteiger partial charge in [-0.1, -0.05) is 23.7 Å². The van der Waals surface area contributed by atoms with Crippen LogP contribution in [0.15, 0.2) is 41.5 Å². The predicted octanol–water partition coefficient (Wildman–Crippen LogP) is 2.73. The summed E-state index contributed by atoms with van der Waals surface area (Å²) >= 11 is 5.95. The number of phenols is 1. The van der Waals surface area contributed by atoms with Crippen LogP contribution in [0.3, 0.4) is 0 Å². The number of phenolic OH excluding ortho intramolecular Hbond substituents is 1. The summed E-state index contributed by atoms with van der Waals surface area (Å²) in [5.74, 6) is 0.775. The second-order valence-corrected chi connectivity index (χ2v) is 5.79. The maximum absolute atomic E-state index is 12.2. The van der Waals surface area contributed by atoms with Gasteiger partial charge in [-0.2, -0.15) is 5.10 Å². The van der Waals surface area contributed by atoms with Crippen LogP contribution in [0.25, 0.3) is 0 Å². The van der Waals surface area contributed by atoms with Crippen LogP contribution in [0, 0.1) is 0 Å². The Bertz CT molecular complexity index is 840. The van der Waals surface area contributed by atoms with Gasteiger partial charge in [-0.3, -0.25) is 4.79 Å². The SMILES string of the molecule is CCOc1cc(C=NNC(=O)C2COc3ccccc3O2)cc(Cl)c1O. The minimum atomic E-state index is -0.801. The first-order chi connectivity index (χ1) is 12.6. The first kappa shape index (κ1) is 17.9. The molecule has 0 bridgehead atoms. The quantitative estimate of drug-likeness (QED) is 0.618. The highest BCUT2D eigenvalue weighted by atomic mass is 35.5. The standard InChI is InChI=1S/C18H17ClN2O5/c1-2-24-15-8-11(7-12(19)17(15)22)9-20-21-18(23)16-10-25-13-5-3-4-6-14(13)26-16/h3-9,16,22H,2,10H2,1H3,(H,21,23).